The highest BCUT2D eigenvalue weighted by Crippen LogP contribution is 2.39. The van der Waals surface area contributed by atoms with E-state index in [1.165, 1.54) is 43.4 Å². The zero-order valence-corrected chi connectivity index (χ0v) is 19.5. The highest BCUT2D eigenvalue weighted by molar-refractivity contribution is 7.25. The first-order valence-corrected chi connectivity index (χ1v) is 12.3. The summed E-state index contributed by atoms with van der Waals surface area (Å²) in [7, 11) is 0. The monoisotopic (exact) mass is 470 g/mol. The Bertz CT molecular complexity index is 1850. The van der Waals surface area contributed by atoms with Gasteiger partial charge in [-0.1, -0.05) is 48.5 Å². The van der Waals surface area contributed by atoms with Gasteiger partial charge in [0.05, 0.1) is 11.0 Å². The minimum absolute atomic E-state index is 0.250. The summed E-state index contributed by atoms with van der Waals surface area (Å²) in [6, 6.07) is 38.4. The van der Waals surface area contributed by atoms with E-state index in [1.54, 1.807) is 12.1 Å². The van der Waals surface area contributed by atoms with E-state index in [9.17, 15) is 4.39 Å². The topological polar surface area (TPSA) is 17.8 Å². The highest BCUT2D eigenvalue weighted by Gasteiger charge is 2.16. The lowest BCUT2D eigenvalue weighted by molar-refractivity contribution is 0.627. The van der Waals surface area contributed by atoms with Gasteiger partial charge in [0.25, 0.3) is 0 Å². The average Bonchev–Trinajstić information content (AvgIpc) is 3.47. The van der Waals surface area contributed by atoms with Crippen molar-refractivity contribution < 1.29 is 4.39 Å². The number of nitrogens with zero attached hydrogens (tertiary/aromatic N) is 2. The average molecular weight is 471 g/mol. The van der Waals surface area contributed by atoms with Crippen LogP contribution in [0, 0.1) is 5.82 Å². The molecule has 4 heteroatoms. The molecule has 0 aliphatic carbocycles. The molecule has 0 fully saturated rings. The van der Waals surface area contributed by atoms with E-state index in [0.717, 1.165) is 28.1 Å². The summed E-state index contributed by atoms with van der Waals surface area (Å²) < 4.78 is 18.3. The van der Waals surface area contributed by atoms with Crippen molar-refractivity contribution in [3.8, 4) is 28.2 Å². The van der Waals surface area contributed by atoms with Crippen LogP contribution < -0.4 is 0 Å². The largest absolute Gasteiger partial charge is 0.292 e. The summed E-state index contributed by atoms with van der Waals surface area (Å²) in [5.41, 5.74) is 6.24. The van der Waals surface area contributed by atoms with Gasteiger partial charge in [0.15, 0.2) is 0 Å². The number of rotatable bonds is 3. The fourth-order valence-electron chi connectivity index (χ4n) is 4.80. The van der Waals surface area contributed by atoms with Gasteiger partial charge in [-0.25, -0.2) is 9.37 Å². The molecule has 0 aliphatic heterocycles. The van der Waals surface area contributed by atoms with Crippen LogP contribution in [0.1, 0.15) is 0 Å². The highest BCUT2D eigenvalue weighted by atomic mass is 32.1. The van der Waals surface area contributed by atoms with Crippen molar-refractivity contribution in [2.24, 2.45) is 0 Å². The number of benzene rings is 5. The molecular formula is C31H19FN2S. The van der Waals surface area contributed by atoms with Crippen molar-refractivity contribution in [2.75, 3.05) is 0 Å². The Hall–Kier alpha value is -4.28. The third-order valence-electron chi connectivity index (χ3n) is 6.48. The minimum Gasteiger partial charge on any atom is -0.292 e. The lowest BCUT2D eigenvalue weighted by Gasteiger charge is -2.10. The van der Waals surface area contributed by atoms with Crippen LogP contribution >= 0.6 is 11.3 Å². The molecule has 5 aromatic carbocycles. The number of imidazole rings is 1. The Morgan fingerprint density at radius 2 is 1.26 bits per heavy atom. The molecule has 0 saturated heterocycles. The van der Waals surface area contributed by atoms with Crippen molar-refractivity contribution in [1.29, 1.82) is 0 Å². The number of fused-ring (bicyclic) bond motifs is 4. The summed E-state index contributed by atoms with van der Waals surface area (Å²) in [6.45, 7) is 0. The van der Waals surface area contributed by atoms with E-state index in [1.807, 2.05) is 35.6 Å². The van der Waals surface area contributed by atoms with Crippen LogP contribution in [0.5, 0.6) is 0 Å². The van der Waals surface area contributed by atoms with E-state index < -0.39 is 0 Å². The molecule has 2 heterocycles. The normalized spacial score (nSPS) is 11.6. The summed E-state index contributed by atoms with van der Waals surface area (Å²) in [4.78, 5) is 4.99. The first kappa shape index (κ1) is 20.1. The van der Waals surface area contributed by atoms with Gasteiger partial charge in [-0.05, 0) is 77.9 Å². The van der Waals surface area contributed by atoms with E-state index in [0.29, 0.717) is 0 Å². The Morgan fingerprint density at radius 1 is 0.600 bits per heavy atom. The summed E-state index contributed by atoms with van der Waals surface area (Å²) in [5, 5.41) is 2.47. The van der Waals surface area contributed by atoms with Crippen LogP contribution in [0.2, 0.25) is 0 Å². The molecule has 0 atom stereocenters. The van der Waals surface area contributed by atoms with Crippen LogP contribution in [0.25, 0.3) is 59.4 Å². The van der Waals surface area contributed by atoms with Crippen LogP contribution in [0.15, 0.2) is 115 Å². The van der Waals surface area contributed by atoms with Crippen molar-refractivity contribution in [2.45, 2.75) is 0 Å². The van der Waals surface area contributed by atoms with Crippen LogP contribution in [0.3, 0.4) is 0 Å². The fourth-order valence-corrected chi connectivity index (χ4v) is 5.86. The molecule has 35 heavy (non-hydrogen) atoms. The fraction of sp³-hybridized carbons (Fsp3) is 0. The third kappa shape index (κ3) is 3.34. The molecule has 0 bridgehead atoms. The number of halogens is 1. The van der Waals surface area contributed by atoms with Crippen molar-refractivity contribution in [3.63, 3.8) is 0 Å². The zero-order chi connectivity index (χ0) is 23.4. The lowest BCUT2D eigenvalue weighted by Crippen LogP contribution is -1.97. The Labute approximate surface area is 205 Å². The predicted molar refractivity (Wildman–Crippen MR) is 145 cm³/mol. The molecule has 7 rings (SSSR count). The molecule has 2 aromatic heterocycles. The first-order chi connectivity index (χ1) is 17.2. The zero-order valence-electron chi connectivity index (χ0n) is 18.7. The molecule has 7 aromatic rings. The van der Waals surface area contributed by atoms with Gasteiger partial charge in [0, 0.05) is 31.4 Å². The van der Waals surface area contributed by atoms with Gasteiger partial charge in [-0.15, -0.1) is 11.3 Å². The molecule has 0 saturated carbocycles. The number of hydrogen-bond acceptors (Lipinski definition) is 2. The van der Waals surface area contributed by atoms with Gasteiger partial charge < -0.3 is 0 Å². The molecule has 0 N–H and O–H groups in total. The maximum absolute atomic E-state index is 13.7. The van der Waals surface area contributed by atoms with Crippen molar-refractivity contribution in [3.05, 3.63) is 121 Å². The standard InChI is InChI=1S/C31H19FN2S/c32-23-12-14-24(15-13-23)34-28-9-5-4-8-27(28)33-31(34)22-11-17-30-26(19-22)25-18-21(10-16-29(25)35-30)20-6-2-1-3-7-20/h1-19H. The Balaban J connectivity index is 1.46. The molecule has 166 valence electrons. The Morgan fingerprint density at radius 3 is 2.03 bits per heavy atom. The molecular weight excluding hydrogens is 451 g/mol. The van der Waals surface area contributed by atoms with Crippen molar-refractivity contribution >= 4 is 42.5 Å². The number of thiophene rings is 1. The second-order valence-electron chi connectivity index (χ2n) is 8.63. The minimum atomic E-state index is -0.250. The van der Waals surface area contributed by atoms with E-state index in [2.05, 4.69) is 71.3 Å². The third-order valence-corrected chi connectivity index (χ3v) is 7.63. The smallest absolute Gasteiger partial charge is 0.145 e. The number of hydrogen-bond donors (Lipinski definition) is 0. The molecule has 0 spiro atoms. The van der Waals surface area contributed by atoms with Crippen molar-refractivity contribution in [1.82, 2.24) is 9.55 Å². The van der Waals surface area contributed by atoms with E-state index in [-0.39, 0.29) is 5.82 Å². The van der Waals surface area contributed by atoms with Gasteiger partial charge in [0.1, 0.15) is 11.6 Å². The summed E-state index contributed by atoms with van der Waals surface area (Å²) >= 11 is 1.81. The van der Waals surface area contributed by atoms with Gasteiger partial charge in [-0.3, -0.25) is 4.57 Å². The Kier molecular flexibility index (Phi) is 4.54. The summed E-state index contributed by atoms with van der Waals surface area (Å²) in [6.07, 6.45) is 0. The quantitative estimate of drug-likeness (QED) is 0.252. The maximum Gasteiger partial charge on any atom is 0.145 e. The van der Waals surface area contributed by atoms with Crippen LogP contribution in [0.4, 0.5) is 4.39 Å². The SMILES string of the molecule is Fc1ccc(-n2c(-c3ccc4sc5ccc(-c6ccccc6)cc5c4c3)nc3ccccc32)cc1. The molecule has 0 amide bonds. The maximum atomic E-state index is 13.7. The van der Waals surface area contributed by atoms with Gasteiger partial charge in [-0.2, -0.15) is 0 Å². The van der Waals surface area contributed by atoms with Gasteiger partial charge >= 0.3 is 0 Å². The van der Waals surface area contributed by atoms with E-state index in [4.69, 9.17) is 4.98 Å². The molecule has 0 aliphatic rings. The van der Waals surface area contributed by atoms with Crippen LogP contribution in [-0.4, -0.2) is 9.55 Å². The molecule has 2 nitrogen and oxygen atoms in total. The summed E-state index contributed by atoms with van der Waals surface area (Å²) in [5.74, 6) is 0.596. The lowest BCUT2D eigenvalue weighted by atomic mass is 10.0. The van der Waals surface area contributed by atoms with Gasteiger partial charge in [0.2, 0.25) is 0 Å². The second kappa shape index (κ2) is 7.90. The first-order valence-electron chi connectivity index (χ1n) is 11.5. The molecule has 0 radical (unpaired) electrons. The number of aromatic nitrogens is 2. The second-order valence-corrected chi connectivity index (χ2v) is 9.71. The number of para-hydroxylation sites is 2. The molecule has 0 unspecified atom stereocenters. The predicted octanol–water partition coefficient (Wildman–Crippen LogP) is 8.87. The van der Waals surface area contributed by atoms with Crippen LogP contribution in [-0.2, 0) is 0 Å². The van der Waals surface area contributed by atoms with E-state index >= 15 is 0 Å².